The molecule has 0 amide bonds. The van der Waals surface area contributed by atoms with Gasteiger partial charge in [0.25, 0.3) is 0 Å². The first-order valence-electron chi connectivity index (χ1n) is 9.53. The lowest BCUT2D eigenvalue weighted by Gasteiger charge is -2.17. The molecule has 6 nitrogen and oxygen atoms in total. The molecule has 2 heterocycles. The molecule has 4 aromatic rings. The van der Waals surface area contributed by atoms with Crippen molar-refractivity contribution < 1.29 is 22.3 Å². The summed E-state index contributed by atoms with van der Waals surface area (Å²) in [5.41, 5.74) is 1.10. The molecule has 0 saturated carbocycles. The molecule has 31 heavy (non-hydrogen) atoms. The molecule has 0 atom stereocenters. The van der Waals surface area contributed by atoms with Gasteiger partial charge in [-0.15, -0.1) is 10.2 Å². The third-order valence-electron chi connectivity index (χ3n) is 4.65. The normalized spacial score (nSPS) is 12.1. The van der Waals surface area contributed by atoms with Crippen LogP contribution in [0.5, 0.6) is 5.75 Å². The zero-order valence-corrected chi connectivity index (χ0v) is 17.4. The summed E-state index contributed by atoms with van der Waals surface area (Å²) in [5, 5.41) is 14.9. The van der Waals surface area contributed by atoms with Gasteiger partial charge in [-0.05, 0) is 73.4 Å². The van der Waals surface area contributed by atoms with Crippen LogP contribution in [0.2, 0.25) is 5.02 Å². The average Bonchev–Trinajstić information content (AvgIpc) is 3.35. The molecule has 0 fully saturated rings. The Morgan fingerprint density at radius 1 is 1.13 bits per heavy atom. The number of nitrogens with zero attached hydrogens (tertiary/aromatic N) is 3. The molecule has 0 bridgehead atoms. The SMILES string of the molecule is CC(C)Oc1ccc(CCc2cc3oc(-c4nn[nH]n4)cc3cc2Cl)cc1C(F)(F)F. The molecule has 10 heteroatoms. The third kappa shape index (κ3) is 4.66. The summed E-state index contributed by atoms with van der Waals surface area (Å²) < 4.78 is 51.5. The number of alkyl halides is 3. The van der Waals surface area contributed by atoms with Crippen molar-refractivity contribution in [3.05, 3.63) is 58.1 Å². The topological polar surface area (TPSA) is 76.8 Å². The van der Waals surface area contributed by atoms with Crippen LogP contribution in [0.1, 0.15) is 30.5 Å². The number of aromatic nitrogens is 4. The molecule has 0 aliphatic carbocycles. The van der Waals surface area contributed by atoms with E-state index >= 15 is 0 Å². The zero-order valence-electron chi connectivity index (χ0n) is 16.6. The summed E-state index contributed by atoms with van der Waals surface area (Å²) in [5.74, 6) is 0.583. The van der Waals surface area contributed by atoms with Crippen molar-refractivity contribution in [3.8, 4) is 17.3 Å². The molecule has 4 rings (SSSR count). The fourth-order valence-electron chi connectivity index (χ4n) is 3.26. The van der Waals surface area contributed by atoms with Gasteiger partial charge in [-0.3, -0.25) is 0 Å². The van der Waals surface area contributed by atoms with Gasteiger partial charge < -0.3 is 9.15 Å². The predicted molar refractivity (Wildman–Crippen MR) is 109 cm³/mol. The maximum atomic E-state index is 13.5. The van der Waals surface area contributed by atoms with Crippen LogP contribution in [0.15, 0.2) is 40.8 Å². The van der Waals surface area contributed by atoms with Crippen LogP contribution in [0.3, 0.4) is 0 Å². The number of hydrogen-bond donors (Lipinski definition) is 1. The standard InChI is InChI=1S/C21H18ClF3N4O2/c1-11(2)30-17-6-4-12(7-15(17)21(23,24)25)3-5-13-9-18-14(8-16(13)22)10-19(31-18)20-26-28-29-27-20/h4,6-11H,3,5H2,1-2H3,(H,26,27,28,29). The lowest BCUT2D eigenvalue weighted by molar-refractivity contribution is -0.139. The van der Waals surface area contributed by atoms with Crippen LogP contribution in [0.25, 0.3) is 22.6 Å². The van der Waals surface area contributed by atoms with Crippen molar-refractivity contribution in [2.24, 2.45) is 0 Å². The number of tetrazole rings is 1. The van der Waals surface area contributed by atoms with E-state index in [1.165, 1.54) is 6.07 Å². The molecule has 0 unspecified atom stereocenters. The number of furan rings is 1. The summed E-state index contributed by atoms with van der Waals surface area (Å²) in [4.78, 5) is 0. The van der Waals surface area contributed by atoms with Gasteiger partial charge in [-0.1, -0.05) is 17.7 Å². The van der Waals surface area contributed by atoms with Gasteiger partial charge in [0.05, 0.1) is 11.7 Å². The first-order chi connectivity index (χ1) is 14.7. The molecule has 0 saturated heterocycles. The van der Waals surface area contributed by atoms with Crippen molar-refractivity contribution in [1.29, 1.82) is 0 Å². The van der Waals surface area contributed by atoms with Crippen molar-refractivity contribution in [2.45, 2.75) is 39.0 Å². The smallest absolute Gasteiger partial charge is 0.419 e. The van der Waals surface area contributed by atoms with Crippen LogP contribution in [-0.4, -0.2) is 26.7 Å². The highest BCUT2D eigenvalue weighted by atomic mass is 35.5. The minimum Gasteiger partial charge on any atom is -0.490 e. The van der Waals surface area contributed by atoms with Crippen molar-refractivity contribution >= 4 is 22.6 Å². The van der Waals surface area contributed by atoms with E-state index in [0.717, 1.165) is 17.0 Å². The van der Waals surface area contributed by atoms with E-state index in [0.29, 0.717) is 40.6 Å². The number of hydrogen-bond acceptors (Lipinski definition) is 5. The second-order valence-electron chi connectivity index (χ2n) is 7.32. The van der Waals surface area contributed by atoms with E-state index in [9.17, 15) is 13.2 Å². The average molecular weight is 451 g/mol. The number of aryl methyl sites for hydroxylation is 2. The first-order valence-corrected chi connectivity index (χ1v) is 9.91. The van der Waals surface area contributed by atoms with Gasteiger partial charge in [0.2, 0.25) is 5.82 Å². The quantitative estimate of drug-likeness (QED) is 0.398. The monoisotopic (exact) mass is 450 g/mol. The van der Waals surface area contributed by atoms with E-state index in [4.69, 9.17) is 20.8 Å². The lowest BCUT2D eigenvalue weighted by atomic mass is 10.0. The van der Waals surface area contributed by atoms with Crippen LogP contribution >= 0.6 is 11.6 Å². The zero-order chi connectivity index (χ0) is 22.2. The molecule has 2 aromatic heterocycles. The van der Waals surface area contributed by atoms with Crippen molar-refractivity contribution in [1.82, 2.24) is 20.6 Å². The van der Waals surface area contributed by atoms with E-state index in [1.54, 1.807) is 38.1 Å². The molecule has 0 radical (unpaired) electrons. The van der Waals surface area contributed by atoms with E-state index in [-0.39, 0.29) is 11.9 Å². The maximum absolute atomic E-state index is 13.5. The molecule has 0 spiro atoms. The minimum atomic E-state index is -4.50. The summed E-state index contributed by atoms with van der Waals surface area (Å²) >= 11 is 6.40. The van der Waals surface area contributed by atoms with E-state index in [2.05, 4.69) is 20.6 Å². The molecular weight excluding hydrogens is 433 g/mol. The fourth-order valence-corrected chi connectivity index (χ4v) is 3.53. The first kappa shape index (κ1) is 21.2. The fraction of sp³-hybridized carbons (Fsp3) is 0.286. The molecule has 0 aliphatic rings. The Bertz CT molecular complexity index is 1200. The Labute approximate surface area is 180 Å². The van der Waals surface area contributed by atoms with Crippen LogP contribution in [-0.2, 0) is 19.0 Å². The summed E-state index contributed by atoms with van der Waals surface area (Å²) in [6, 6.07) is 9.42. The van der Waals surface area contributed by atoms with Crippen LogP contribution in [0.4, 0.5) is 13.2 Å². The van der Waals surface area contributed by atoms with E-state index < -0.39 is 11.7 Å². The number of fused-ring (bicyclic) bond motifs is 1. The maximum Gasteiger partial charge on any atom is 0.419 e. The Morgan fingerprint density at radius 2 is 1.94 bits per heavy atom. The number of H-pyrrole nitrogens is 1. The summed E-state index contributed by atoms with van der Waals surface area (Å²) in [7, 11) is 0. The van der Waals surface area contributed by atoms with Gasteiger partial charge >= 0.3 is 6.18 Å². The summed E-state index contributed by atoms with van der Waals surface area (Å²) in [6.07, 6.45) is -4.05. The van der Waals surface area contributed by atoms with Gasteiger partial charge in [0, 0.05) is 10.4 Å². The van der Waals surface area contributed by atoms with Gasteiger partial charge in [0.1, 0.15) is 11.3 Å². The van der Waals surface area contributed by atoms with E-state index in [1.807, 2.05) is 0 Å². The third-order valence-corrected chi connectivity index (χ3v) is 5.00. The number of ether oxygens (including phenoxy) is 1. The predicted octanol–water partition coefficient (Wildman–Crippen LogP) is 5.86. The highest BCUT2D eigenvalue weighted by Crippen LogP contribution is 2.38. The van der Waals surface area contributed by atoms with Crippen molar-refractivity contribution in [2.75, 3.05) is 0 Å². The number of aromatic amines is 1. The van der Waals surface area contributed by atoms with Gasteiger partial charge in [0.15, 0.2) is 5.76 Å². The Kier molecular flexibility index (Phi) is 5.62. The highest BCUT2D eigenvalue weighted by molar-refractivity contribution is 6.32. The molecule has 162 valence electrons. The van der Waals surface area contributed by atoms with Gasteiger partial charge in [-0.2, -0.15) is 18.4 Å². The lowest BCUT2D eigenvalue weighted by Crippen LogP contribution is -2.13. The second-order valence-corrected chi connectivity index (χ2v) is 7.73. The Morgan fingerprint density at radius 3 is 2.61 bits per heavy atom. The molecule has 1 N–H and O–H groups in total. The molecule has 2 aromatic carbocycles. The Hall–Kier alpha value is -3.07. The molecule has 0 aliphatic heterocycles. The number of benzene rings is 2. The van der Waals surface area contributed by atoms with Crippen LogP contribution < -0.4 is 4.74 Å². The minimum absolute atomic E-state index is 0.171. The number of rotatable bonds is 6. The van der Waals surface area contributed by atoms with Crippen molar-refractivity contribution in [3.63, 3.8) is 0 Å². The summed E-state index contributed by atoms with van der Waals surface area (Å²) in [6.45, 7) is 3.37. The molecular formula is C21H18ClF3N4O2. The van der Waals surface area contributed by atoms with Crippen LogP contribution in [0, 0.1) is 0 Å². The number of halogens is 4. The Balaban J connectivity index is 1.58. The second kappa shape index (κ2) is 8.22. The number of nitrogens with one attached hydrogen (secondary N) is 1. The van der Waals surface area contributed by atoms with Gasteiger partial charge in [-0.25, -0.2) is 0 Å². The highest BCUT2D eigenvalue weighted by Gasteiger charge is 2.34. The largest absolute Gasteiger partial charge is 0.490 e.